The number of benzene rings is 2. The van der Waals surface area contributed by atoms with Crippen molar-refractivity contribution < 1.29 is 12.8 Å². The van der Waals surface area contributed by atoms with E-state index in [2.05, 4.69) is 0 Å². The van der Waals surface area contributed by atoms with Gasteiger partial charge in [0, 0.05) is 10.8 Å². The summed E-state index contributed by atoms with van der Waals surface area (Å²) in [6.45, 7) is 0. The SMILES string of the molecule is O=S1(=O)C(CCCCl)Sc2ccccc2N1c1ccc(F)c(Cl)c1. The average Bonchev–Trinajstić information content (AvgIpc) is 2.55. The molecule has 0 radical (unpaired) electrons. The first-order valence-electron chi connectivity index (χ1n) is 7.26. The van der Waals surface area contributed by atoms with Gasteiger partial charge in [0.15, 0.2) is 0 Å². The summed E-state index contributed by atoms with van der Waals surface area (Å²) in [6, 6.07) is 11.2. The van der Waals surface area contributed by atoms with E-state index in [9.17, 15) is 12.8 Å². The molecule has 0 N–H and O–H groups in total. The molecule has 1 atom stereocenters. The molecule has 0 bridgehead atoms. The van der Waals surface area contributed by atoms with Crippen molar-refractivity contribution in [1.29, 1.82) is 0 Å². The molecule has 24 heavy (non-hydrogen) atoms. The maximum Gasteiger partial charge on any atom is 0.252 e. The maximum atomic E-state index is 13.5. The number of rotatable bonds is 4. The molecule has 0 spiro atoms. The van der Waals surface area contributed by atoms with E-state index in [1.54, 1.807) is 12.1 Å². The number of sulfonamides is 1. The maximum absolute atomic E-state index is 13.5. The Morgan fingerprint density at radius 2 is 1.96 bits per heavy atom. The van der Waals surface area contributed by atoms with Crippen LogP contribution in [-0.4, -0.2) is 18.9 Å². The van der Waals surface area contributed by atoms with Crippen molar-refractivity contribution in [3.63, 3.8) is 0 Å². The third-order valence-corrected chi connectivity index (χ3v) is 8.13. The highest BCUT2D eigenvalue weighted by atomic mass is 35.5. The summed E-state index contributed by atoms with van der Waals surface area (Å²) in [5.74, 6) is -0.187. The van der Waals surface area contributed by atoms with Crippen LogP contribution in [0, 0.1) is 5.82 Å². The standard InChI is InChI=1S/C16H14Cl2FNO2S2/c17-9-3-6-16-23-15-5-2-1-4-14(15)20(24(16,21)22)11-7-8-13(19)12(18)10-11/h1-2,4-5,7-8,10,16H,3,6,9H2. The zero-order chi connectivity index (χ0) is 17.3. The number of nitrogens with zero attached hydrogens (tertiary/aromatic N) is 1. The third-order valence-electron chi connectivity index (χ3n) is 3.64. The molecule has 3 rings (SSSR count). The average molecular weight is 406 g/mol. The molecule has 0 saturated heterocycles. The lowest BCUT2D eigenvalue weighted by Gasteiger charge is -2.35. The highest BCUT2D eigenvalue weighted by molar-refractivity contribution is 8.14. The number of alkyl halides is 1. The van der Waals surface area contributed by atoms with E-state index >= 15 is 0 Å². The van der Waals surface area contributed by atoms with Crippen LogP contribution in [0.15, 0.2) is 47.4 Å². The summed E-state index contributed by atoms with van der Waals surface area (Å²) in [7, 11) is -3.68. The molecular weight excluding hydrogens is 392 g/mol. The molecule has 0 fully saturated rings. The van der Waals surface area contributed by atoms with Crippen LogP contribution in [0.1, 0.15) is 12.8 Å². The van der Waals surface area contributed by atoms with Crippen molar-refractivity contribution in [2.45, 2.75) is 22.3 Å². The van der Waals surface area contributed by atoms with Crippen molar-refractivity contribution in [3.8, 4) is 0 Å². The van der Waals surface area contributed by atoms with Crippen LogP contribution in [0.2, 0.25) is 5.02 Å². The first-order chi connectivity index (χ1) is 11.4. The molecule has 2 aromatic rings. The Balaban J connectivity index is 2.14. The van der Waals surface area contributed by atoms with Crippen LogP contribution in [0.4, 0.5) is 15.8 Å². The van der Waals surface area contributed by atoms with Crippen LogP contribution >= 0.6 is 35.0 Å². The van der Waals surface area contributed by atoms with Gasteiger partial charge >= 0.3 is 0 Å². The van der Waals surface area contributed by atoms with Crippen molar-refractivity contribution in [2.75, 3.05) is 10.2 Å². The molecule has 8 heteroatoms. The van der Waals surface area contributed by atoms with Crippen molar-refractivity contribution >= 4 is 56.4 Å². The Morgan fingerprint density at radius 3 is 2.67 bits per heavy atom. The third kappa shape index (κ3) is 3.25. The van der Waals surface area contributed by atoms with Gasteiger partial charge in [0.1, 0.15) is 10.4 Å². The van der Waals surface area contributed by atoms with E-state index in [-0.39, 0.29) is 5.02 Å². The molecule has 0 aromatic heterocycles. The van der Waals surface area contributed by atoms with Gasteiger partial charge in [-0.2, -0.15) is 0 Å². The van der Waals surface area contributed by atoms with Gasteiger partial charge in [-0.1, -0.05) is 23.7 Å². The molecule has 1 aliphatic rings. The Bertz CT molecular complexity index is 861. The van der Waals surface area contributed by atoms with Gasteiger partial charge in [0.2, 0.25) is 0 Å². The fourth-order valence-corrected chi connectivity index (χ4v) is 6.52. The number of para-hydroxylation sites is 1. The second-order valence-electron chi connectivity index (χ2n) is 5.25. The van der Waals surface area contributed by atoms with Gasteiger partial charge in [-0.3, -0.25) is 0 Å². The van der Waals surface area contributed by atoms with Crippen LogP contribution in [0.5, 0.6) is 0 Å². The zero-order valence-corrected chi connectivity index (χ0v) is 15.6. The molecule has 0 saturated carbocycles. The molecule has 128 valence electrons. The molecule has 0 amide bonds. The fraction of sp³-hybridized carbons (Fsp3) is 0.250. The zero-order valence-electron chi connectivity index (χ0n) is 12.5. The fourth-order valence-electron chi connectivity index (χ4n) is 2.53. The number of halogens is 3. The summed E-state index contributed by atoms with van der Waals surface area (Å²) < 4.78 is 40.3. The van der Waals surface area contributed by atoms with Crippen LogP contribution in [-0.2, 0) is 10.0 Å². The van der Waals surface area contributed by atoms with Crippen molar-refractivity contribution in [1.82, 2.24) is 0 Å². The minimum absolute atomic E-state index is 0.115. The number of hydrogen-bond donors (Lipinski definition) is 0. The van der Waals surface area contributed by atoms with E-state index in [0.29, 0.717) is 30.1 Å². The lowest BCUT2D eigenvalue weighted by molar-refractivity contribution is 0.588. The summed E-state index contributed by atoms with van der Waals surface area (Å²) >= 11 is 12.9. The summed E-state index contributed by atoms with van der Waals surface area (Å²) in [5, 5.41) is -0.115. The number of thioether (sulfide) groups is 1. The predicted molar refractivity (Wildman–Crippen MR) is 98.5 cm³/mol. The van der Waals surface area contributed by atoms with Crippen LogP contribution in [0.3, 0.4) is 0 Å². The molecule has 1 heterocycles. The second kappa shape index (κ2) is 7.12. The van der Waals surface area contributed by atoms with E-state index in [1.807, 2.05) is 12.1 Å². The Morgan fingerprint density at radius 1 is 1.21 bits per heavy atom. The molecule has 2 aromatic carbocycles. The minimum Gasteiger partial charge on any atom is -0.236 e. The van der Waals surface area contributed by atoms with E-state index in [0.717, 1.165) is 4.90 Å². The summed E-state index contributed by atoms with van der Waals surface area (Å²) in [5.41, 5.74) is 0.873. The van der Waals surface area contributed by atoms with Crippen LogP contribution in [0.25, 0.3) is 0 Å². The summed E-state index contributed by atoms with van der Waals surface area (Å²) in [4.78, 5) is 0.854. The minimum atomic E-state index is -3.68. The van der Waals surface area contributed by atoms with Gasteiger partial charge in [-0.15, -0.1) is 23.4 Å². The highest BCUT2D eigenvalue weighted by Gasteiger charge is 2.39. The molecule has 3 nitrogen and oxygen atoms in total. The Kier molecular flexibility index (Phi) is 5.30. The van der Waals surface area contributed by atoms with Crippen molar-refractivity contribution in [3.05, 3.63) is 53.3 Å². The number of hydrogen-bond acceptors (Lipinski definition) is 3. The molecule has 0 aliphatic carbocycles. The Labute approximate surface area is 154 Å². The normalized spacial score (nSPS) is 19.1. The summed E-state index contributed by atoms with van der Waals surface area (Å²) in [6.07, 6.45) is 1.04. The van der Waals surface area contributed by atoms with Gasteiger partial charge in [0.05, 0.1) is 16.4 Å². The molecule has 1 aliphatic heterocycles. The number of anilines is 2. The first kappa shape index (κ1) is 17.9. The topological polar surface area (TPSA) is 37.4 Å². The Hall–Kier alpha value is -0.950. The largest absolute Gasteiger partial charge is 0.252 e. The lowest BCUT2D eigenvalue weighted by Crippen LogP contribution is -2.37. The van der Waals surface area contributed by atoms with Crippen molar-refractivity contribution in [2.24, 2.45) is 0 Å². The molecule has 1 unspecified atom stereocenters. The van der Waals surface area contributed by atoms with Gasteiger partial charge in [-0.25, -0.2) is 17.1 Å². The monoisotopic (exact) mass is 405 g/mol. The van der Waals surface area contributed by atoms with E-state index in [1.165, 1.54) is 34.3 Å². The smallest absolute Gasteiger partial charge is 0.236 e. The van der Waals surface area contributed by atoms with Gasteiger partial charge < -0.3 is 0 Å². The molecular formula is C16H14Cl2FNO2S2. The number of fused-ring (bicyclic) bond motifs is 1. The predicted octanol–water partition coefficient (Wildman–Crippen LogP) is 5.40. The van der Waals surface area contributed by atoms with E-state index < -0.39 is 20.4 Å². The quantitative estimate of drug-likeness (QED) is 0.639. The van der Waals surface area contributed by atoms with E-state index in [4.69, 9.17) is 23.2 Å². The van der Waals surface area contributed by atoms with Gasteiger partial charge in [-0.05, 0) is 43.2 Å². The van der Waals surface area contributed by atoms with Gasteiger partial charge in [0.25, 0.3) is 10.0 Å². The first-order valence-corrected chi connectivity index (χ1v) is 10.6. The lowest BCUT2D eigenvalue weighted by atomic mass is 10.2. The highest BCUT2D eigenvalue weighted by Crippen LogP contribution is 2.47. The van der Waals surface area contributed by atoms with Crippen LogP contribution < -0.4 is 4.31 Å². The second-order valence-corrected chi connectivity index (χ2v) is 9.55.